The minimum Gasteiger partial charge on any atom is -0.488 e. The van der Waals surface area contributed by atoms with Gasteiger partial charge in [0, 0.05) is 30.5 Å². The third-order valence-corrected chi connectivity index (χ3v) is 6.33. The number of amidine groups is 1. The van der Waals surface area contributed by atoms with Crippen molar-refractivity contribution in [1.29, 1.82) is 5.41 Å². The Bertz CT molecular complexity index is 1480. The molecule has 2 aromatic rings. The van der Waals surface area contributed by atoms with Gasteiger partial charge in [0.05, 0.1) is 6.42 Å². The summed E-state index contributed by atoms with van der Waals surface area (Å²) in [5.74, 6) is -2.81. The first-order chi connectivity index (χ1) is 22.5. The molecule has 0 aromatic heterocycles. The molecule has 0 saturated carbocycles. The highest BCUT2D eigenvalue weighted by Gasteiger charge is 2.32. The summed E-state index contributed by atoms with van der Waals surface area (Å²) in [5.41, 5.74) is 4.81. The van der Waals surface area contributed by atoms with E-state index in [1.165, 1.54) is 24.3 Å². The number of hydrogen-bond acceptors (Lipinski definition) is 9. The van der Waals surface area contributed by atoms with Gasteiger partial charge in [-0.25, -0.2) is 4.79 Å². The molecule has 0 spiro atoms. The lowest BCUT2D eigenvalue weighted by Crippen LogP contribution is -2.54. The smallest absolute Gasteiger partial charge is 0.329 e. The van der Waals surface area contributed by atoms with E-state index in [1.807, 2.05) is 20.8 Å². The molecule has 0 fully saturated rings. The number of nitrogen functional groups attached to an aromatic ring is 1. The van der Waals surface area contributed by atoms with Crippen LogP contribution in [0.15, 0.2) is 48.5 Å². The van der Waals surface area contributed by atoms with Crippen molar-refractivity contribution in [3.8, 4) is 5.75 Å². The van der Waals surface area contributed by atoms with Gasteiger partial charge in [0.1, 0.15) is 40.5 Å². The Morgan fingerprint density at radius 1 is 0.735 bits per heavy atom. The van der Waals surface area contributed by atoms with Gasteiger partial charge < -0.3 is 35.9 Å². The molecule has 13 heteroatoms. The summed E-state index contributed by atoms with van der Waals surface area (Å²) in [7, 11) is 0. The summed E-state index contributed by atoms with van der Waals surface area (Å²) >= 11 is 0. The van der Waals surface area contributed by atoms with Gasteiger partial charge in [-0.1, -0.05) is 24.3 Å². The number of ether oxygens (including phenoxy) is 3. The number of hydrogen-bond donors (Lipinski definition) is 5. The highest BCUT2D eigenvalue weighted by molar-refractivity contribution is 5.98. The predicted molar refractivity (Wildman–Crippen MR) is 185 cm³/mol. The molecule has 0 radical (unpaired) electrons. The van der Waals surface area contributed by atoms with Crippen LogP contribution in [0.5, 0.6) is 5.75 Å². The molecular formula is C36H51N5O8. The largest absolute Gasteiger partial charge is 0.488 e. The third kappa shape index (κ3) is 15.7. The van der Waals surface area contributed by atoms with E-state index in [0.29, 0.717) is 22.4 Å². The summed E-state index contributed by atoms with van der Waals surface area (Å²) in [5, 5.41) is 15.3. The molecule has 2 aromatic carbocycles. The Balaban J connectivity index is 2.20. The second-order valence-corrected chi connectivity index (χ2v) is 14.6. The SMILES string of the molecule is CC(C)(C)OC(=O)C[C@H](NC(=O)CCNC(=O)c1ccc(C(=N)N)cc1)C(=O)N[C@@H](Cc1ccc(OC(C)(C)C)cc1)C(=O)OC(C)(C)C. The van der Waals surface area contributed by atoms with Gasteiger partial charge in [0.15, 0.2) is 0 Å². The van der Waals surface area contributed by atoms with E-state index in [-0.39, 0.29) is 25.2 Å². The molecule has 0 unspecified atom stereocenters. The number of benzene rings is 2. The zero-order chi connectivity index (χ0) is 37.2. The van der Waals surface area contributed by atoms with Crippen molar-refractivity contribution in [3.63, 3.8) is 0 Å². The minimum absolute atomic E-state index is 0.0585. The fourth-order valence-corrected chi connectivity index (χ4v) is 4.34. The van der Waals surface area contributed by atoms with Gasteiger partial charge in [-0.2, -0.15) is 0 Å². The standard InChI is InChI=1S/C36H51N5O8/c1-34(2,3)47-25-16-10-22(11-17-25)20-27(33(46)49-36(7,8)9)41-32(45)26(21-29(43)48-35(4,5)6)40-28(42)18-19-39-31(44)24-14-12-23(13-15-24)30(37)38/h10-17,26-27H,18-21H2,1-9H3,(H3,37,38)(H,39,44)(H,40,42)(H,41,45)/t26-,27-/m0/s1. The lowest BCUT2D eigenvalue weighted by Gasteiger charge is -2.27. The zero-order valence-electron chi connectivity index (χ0n) is 29.9. The summed E-state index contributed by atoms with van der Waals surface area (Å²) < 4.78 is 16.9. The van der Waals surface area contributed by atoms with E-state index in [4.69, 9.17) is 25.4 Å². The highest BCUT2D eigenvalue weighted by Crippen LogP contribution is 2.20. The third-order valence-electron chi connectivity index (χ3n) is 6.33. The van der Waals surface area contributed by atoms with Gasteiger partial charge in [-0.3, -0.25) is 24.6 Å². The number of nitrogens with one attached hydrogen (secondary N) is 4. The van der Waals surface area contributed by atoms with Crippen LogP contribution in [-0.2, 0) is 35.1 Å². The maximum Gasteiger partial charge on any atom is 0.329 e. The first kappa shape index (κ1) is 40.2. The van der Waals surface area contributed by atoms with Crippen LogP contribution >= 0.6 is 0 Å². The molecule has 0 aliphatic heterocycles. The predicted octanol–water partition coefficient (Wildman–Crippen LogP) is 3.55. The van der Waals surface area contributed by atoms with Crippen LogP contribution < -0.4 is 26.4 Å². The highest BCUT2D eigenvalue weighted by atomic mass is 16.6. The topological polar surface area (TPSA) is 199 Å². The van der Waals surface area contributed by atoms with Gasteiger partial charge in [-0.05, 0) is 92.1 Å². The second kappa shape index (κ2) is 16.9. The van der Waals surface area contributed by atoms with E-state index in [9.17, 15) is 24.0 Å². The molecular weight excluding hydrogens is 630 g/mol. The Labute approximate surface area is 288 Å². The molecule has 0 aliphatic carbocycles. The normalized spacial score (nSPS) is 12.9. The Hall–Kier alpha value is -4.94. The number of carbonyl (C=O) groups excluding carboxylic acids is 5. The van der Waals surface area contributed by atoms with Crippen LogP contribution in [0.1, 0.15) is 96.6 Å². The molecule has 0 heterocycles. The molecule has 49 heavy (non-hydrogen) atoms. The van der Waals surface area contributed by atoms with Crippen molar-refractivity contribution in [3.05, 3.63) is 65.2 Å². The molecule has 0 saturated heterocycles. The van der Waals surface area contributed by atoms with Crippen LogP contribution in [0, 0.1) is 5.41 Å². The Morgan fingerprint density at radius 3 is 1.80 bits per heavy atom. The van der Waals surface area contributed by atoms with Gasteiger partial charge in [0.2, 0.25) is 11.8 Å². The van der Waals surface area contributed by atoms with Crippen molar-refractivity contribution in [2.75, 3.05) is 6.54 Å². The number of carbonyl (C=O) groups is 5. The fraction of sp³-hybridized carbons (Fsp3) is 0.500. The van der Waals surface area contributed by atoms with Crippen molar-refractivity contribution >= 4 is 35.5 Å². The van der Waals surface area contributed by atoms with Crippen LogP contribution in [0.4, 0.5) is 0 Å². The quantitative estimate of drug-likeness (QED) is 0.112. The molecule has 0 bridgehead atoms. The van der Waals surface area contributed by atoms with E-state index in [2.05, 4.69) is 16.0 Å². The summed E-state index contributed by atoms with van der Waals surface area (Å²) in [6.07, 6.45) is -0.666. The first-order valence-electron chi connectivity index (χ1n) is 16.1. The number of rotatable bonds is 14. The summed E-state index contributed by atoms with van der Waals surface area (Å²) in [4.78, 5) is 65.2. The molecule has 2 atom stereocenters. The number of esters is 2. The maximum absolute atomic E-state index is 13.6. The fourth-order valence-electron chi connectivity index (χ4n) is 4.34. The molecule has 6 N–H and O–H groups in total. The molecule has 3 amide bonds. The average Bonchev–Trinajstić information content (AvgIpc) is 2.94. The van der Waals surface area contributed by atoms with Crippen molar-refractivity contribution < 1.29 is 38.2 Å². The second-order valence-electron chi connectivity index (χ2n) is 14.6. The molecule has 2 rings (SSSR count). The van der Waals surface area contributed by atoms with Crippen molar-refractivity contribution in [2.45, 2.75) is 110 Å². The Kier molecular flexibility index (Phi) is 13.9. The van der Waals surface area contributed by atoms with Crippen LogP contribution in [0.3, 0.4) is 0 Å². The van der Waals surface area contributed by atoms with E-state index in [1.54, 1.807) is 65.8 Å². The van der Waals surface area contributed by atoms with E-state index in [0.717, 1.165) is 0 Å². The average molecular weight is 682 g/mol. The van der Waals surface area contributed by atoms with Gasteiger partial charge in [-0.15, -0.1) is 0 Å². The Morgan fingerprint density at radius 2 is 1.29 bits per heavy atom. The summed E-state index contributed by atoms with van der Waals surface area (Å²) in [6.45, 7) is 15.8. The summed E-state index contributed by atoms with van der Waals surface area (Å²) in [6, 6.07) is 10.6. The monoisotopic (exact) mass is 681 g/mol. The van der Waals surface area contributed by atoms with Crippen LogP contribution in [0.2, 0.25) is 0 Å². The maximum atomic E-state index is 13.6. The lowest BCUT2D eigenvalue weighted by atomic mass is 10.0. The first-order valence-corrected chi connectivity index (χ1v) is 16.1. The van der Waals surface area contributed by atoms with Gasteiger partial charge >= 0.3 is 11.9 Å². The van der Waals surface area contributed by atoms with Crippen molar-refractivity contribution in [2.24, 2.45) is 5.73 Å². The minimum atomic E-state index is -1.40. The van der Waals surface area contributed by atoms with E-state index >= 15 is 0 Å². The molecule has 13 nitrogen and oxygen atoms in total. The zero-order valence-corrected chi connectivity index (χ0v) is 29.9. The van der Waals surface area contributed by atoms with Crippen LogP contribution in [0.25, 0.3) is 0 Å². The lowest BCUT2D eigenvalue weighted by molar-refractivity contribution is -0.159. The van der Waals surface area contributed by atoms with E-state index < -0.39 is 65.0 Å². The molecule has 0 aliphatic rings. The molecule has 268 valence electrons. The number of amides is 3. The van der Waals surface area contributed by atoms with Crippen molar-refractivity contribution in [1.82, 2.24) is 16.0 Å². The van der Waals surface area contributed by atoms with Crippen LogP contribution in [-0.4, -0.2) is 70.9 Å². The van der Waals surface area contributed by atoms with Gasteiger partial charge in [0.25, 0.3) is 5.91 Å². The number of nitrogens with two attached hydrogens (primary N) is 1.